The minimum Gasteiger partial charge on any atom is -0.396 e. The van der Waals surface area contributed by atoms with Gasteiger partial charge < -0.3 is 15.7 Å². The average Bonchev–Trinajstić information content (AvgIpc) is 2.40. The molecule has 0 amide bonds. The van der Waals surface area contributed by atoms with E-state index in [1.807, 2.05) is 13.0 Å². The van der Waals surface area contributed by atoms with Gasteiger partial charge in [-0.05, 0) is 19.8 Å². The quantitative estimate of drug-likeness (QED) is 0.744. The highest BCUT2D eigenvalue weighted by Gasteiger charge is 2.24. The topological polar surface area (TPSA) is 70.1 Å². The number of nitrogens with one attached hydrogen (secondary N) is 2. The van der Waals surface area contributed by atoms with Gasteiger partial charge >= 0.3 is 0 Å². The van der Waals surface area contributed by atoms with Crippen LogP contribution in [0, 0.1) is 5.92 Å². The number of aromatic nitrogens is 2. The summed E-state index contributed by atoms with van der Waals surface area (Å²) in [7, 11) is 0. The van der Waals surface area contributed by atoms with Crippen molar-refractivity contribution in [1.82, 2.24) is 9.97 Å². The number of aliphatic hydroxyl groups excluding tert-OH is 1. The van der Waals surface area contributed by atoms with Crippen molar-refractivity contribution in [3.63, 3.8) is 0 Å². The van der Waals surface area contributed by atoms with E-state index in [1.165, 1.54) is 12.8 Å². The largest absolute Gasteiger partial charge is 0.396 e. The molecule has 5 heteroatoms. The van der Waals surface area contributed by atoms with Crippen LogP contribution in [0.4, 0.5) is 11.6 Å². The summed E-state index contributed by atoms with van der Waals surface area (Å²) < 4.78 is 0. The fourth-order valence-electron chi connectivity index (χ4n) is 2.52. The predicted octanol–water partition coefficient (Wildman–Crippen LogP) is 1.87. The van der Waals surface area contributed by atoms with Crippen molar-refractivity contribution < 1.29 is 5.11 Å². The normalized spacial score (nSPS) is 23.7. The highest BCUT2D eigenvalue weighted by molar-refractivity contribution is 5.46. The number of aliphatic hydroxyl groups is 1. The Morgan fingerprint density at radius 3 is 2.83 bits per heavy atom. The van der Waals surface area contributed by atoms with Gasteiger partial charge in [0.2, 0.25) is 0 Å². The second-order valence-corrected chi connectivity index (χ2v) is 4.80. The maximum Gasteiger partial charge on any atom is 0.131 e. The monoisotopic (exact) mass is 250 g/mol. The molecule has 0 spiro atoms. The van der Waals surface area contributed by atoms with E-state index in [9.17, 15) is 5.11 Å². The third kappa shape index (κ3) is 3.32. The molecule has 2 rings (SSSR count). The zero-order valence-corrected chi connectivity index (χ0v) is 10.9. The molecule has 100 valence electrons. The van der Waals surface area contributed by atoms with E-state index >= 15 is 0 Å². The Hall–Kier alpha value is -1.36. The van der Waals surface area contributed by atoms with Crippen molar-refractivity contribution in [2.75, 3.05) is 23.8 Å². The molecule has 1 aromatic rings. The summed E-state index contributed by atoms with van der Waals surface area (Å²) in [5.74, 6) is 2.02. The standard InChI is InChI=1S/C13H22N4O/c1-2-14-12-7-13(16-9-15-12)17-11-6-4-3-5-10(11)8-18/h7,9-11,18H,2-6,8H2,1H3,(H2,14,15,16,17). The van der Waals surface area contributed by atoms with Crippen LogP contribution in [0.1, 0.15) is 32.6 Å². The van der Waals surface area contributed by atoms with Crippen molar-refractivity contribution in [2.24, 2.45) is 5.92 Å². The number of rotatable bonds is 5. The van der Waals surface area contributed by atoms with Crippen LogP contribution < -0.4 is 10.6 Å². The van der Waals surface area contributed by atoms with Crippen molar-refractivity contribution >= 4 is 11.6 Å². The molecular formula is C13H22N4O. The summed E-state index contributed by atoms with van der Waals surface area (Å²) in [6.45, 7) is 3.14. The van der Waals surface area contributed by atoms with Crippen LogP contribution in [0.2, 0.25) is 0 Å². The first-order valence-corrected chi connectivity index (χ1v) is 6.76. The summed E-state index contributed by atoms with van der Waals surface area (Å²) in [5.41, 5.74) is 0. The zero-order chi connectivity index (χ0) is 12.8. The summed E-state index contributed by atoms with van der Waals surface area (Å²) in [6.07, 6.45) is 6.21. The van der Waals surface area contributed by atoms with E-state index < -0.39 is 0 Å². The second-order valence-electron chi connectivity index (χ2n) is 4.80. The molecule has 5 nitrogen and oxygen atoms in total. The van der Waals surface area contributed by atoms with Crippen molar-refractivity contribution in [3.8, 4) is 0 Å². The minimum absolute atomic E-state index is 0.253. The molecule has 0 aromatic carbocycles. The summed E-state index contributed by atoms with van der Waals surface area (Å²) in [4.78, 5) is 8.39. The van der Waals surface area contributed by atoms with Gasteiger partial charge in [0.15, 0.2) is 0 Å². The lowest BCUT2D eigenvalue weighted by atomic mass is 9.85. The van der Waals surface area contributed by atoms with E-state index in [1.54, 1.807) is 6.33 Å². The highest BCUT2D eigenvalue weighted by Crippen LogP contribution is 2.26. The van der Waals surface area contributed by atoms with Crippen molar-refractivity contribution in [3.05, 3.63) is 12.4 Å². The molecule has 3 N–H and O–H groups in total. The molecule has 1 fully saturated rings. The van der Waals surface area contributed by atoms with Crippen LogP contribution in [0.15, 0.2) is 12.4 Å². The second kappa shape index (κ2) is 6.54. The van der Waals surface area contributed by atoms with Gasteiger partial charge in [0.05, 0.1) is 0 Å². The van der Waals surface area contributed by atoms with Crippen LogP contribution >= 0.6 is 0 Å². The van der Waals surface area contributed by atoms with Gasteiger partial charge in [0, 0.05) is 31.2 Å². The lowest BCUT2D eigenvalue weighted by Crippen LogP contribution is -2.34. The van der Waals surface area contributed by atoms with Gasteiger partial charge in [0.25, 0.3) is 0 Å². The molecular weight excluding hydrogens is 228 g/mol. The minimum atomic E-state index is 0.253. The van der Waals surface area contributed by atoms with Crippen LogP contribution in [-0.2, 0) is 0 Å². The maximum absolute atomic E-state index is 9.39. The first-order valence-electron chi connectivity index (χ1n) is 6.76. The summed E-state index contributed by atoms with van der Waals surface area (Å²) in [5, 5.41) is 16.0. The first-order chi connectivity index (χ1) is 8.83. The van der Waals surface area contributed by atoms with Gasteiger partial charge in [0.1, 0.15) is 18.0 Å². The fourth-order valence-corrected chi connectivity index (χ4v) is 2.52. The smallest absolute Gasteiger partial charge is 0.131 e. The van der Waals surface area contributed by atoms with Crippen molar-refractivity contribution in [2.45, 2.75) is 38.6 Å². The number of anilines is 2. The predicted molar refractivity (Wildman–Crippen MR) is 72.7 cm³/mol. The Morgan fingerprint density at radius 1 is 1.28 bits per heavy atom. The van der Waals surface area contributed by atoms with Gasteiger partial charge in [-0.1, -0.05) is 12.8 Å². The van der Waals surface area contributed by atoms with Crippen LogP contribution in [-0.4, -0.2) is 34.3 Å². The Kier molecular flexibility index (Phi) is 4.75. The molecule has 2 atom stereocenters. The Bertz CT molecular complexity index is 372. The number of nitrogens with zero attached hydrogens (tertiary/aromatic N) is 2. The molecule has 0 bridgehead atoms. The SMILES string of the molecule is CCNc1cc(NC2CCCCC2CO)ncn1. The third-order valence-corrected chi connectivity index (χ3v) is 3.50. The molecule has 0 saturated heterocycles. The van der Waals surface area contributed by atoms with E-state index in [0.717, 1.165) is 31.0 Å². The van der Waals surface area contributed by atoms with Gasteiger partial charge in [-0.25, -0.2) is 9.97 Å². The molecule has 0 radical (unpaired) electrons. The third-order valence-electron chi connectivity index (χ3n) is 3.50. The van der Waals surface area contributed by atoms with Crippen LogP contribution in [0.5, 0.6) is 0 Å². The lowest BCUT2D eigenvalue weighted by molar-refractivity contribution is 0.178. The molecule has 1 aliphatic carbocycles. The molecule has 18 heavy (non-hydrogen) atoms. The summed E-state index contributed by atoms with van der Waals surface area (Å²) >= 11 is 0. The van der Waals surface area contributed by atoms with Crippen molar-refractivity contribution in [1.29, 1.82) is 0 Å². The first kappa shape index (κ1) is 13.1. The lowest BCUT2D eigenvalue weighted by Gasteiger charge is -2.31. The van der Waals surface area contributed by atoms with E-state index in [0.29, 0.717) is 12.0 Å². The highest BCUT2D eigenvalue weighted by atomic mass is 16.3. The summed E-state index contributed by atoms with van der Waals surface area (Å²) in [6, 6.07) is 2.25. The number of hydrogen-bond acceptors (Lipinski definition) is 5. The van der Waals surface area contributed by atoms with Gasteiger partial charge in [-0.15, -0.1) is 0 Å². The fraction of sp³-hybridized carbons (Fsp3) is 0.692. The maximum atomic E-state index is 9.39. The molecule has 1 aliphatic rings. The van der Waals surface area contributed by atoms with E-state index in [2.05, 4.69) is 20.6 Å². The number of hydrogen-bond donors (Lipinski definition) is 3. The van der Waals surface area contributed by atoms with E-state index in [-0.39, 0.29) is 6.61 Å². The molecule has 2 unspecified atom stereocenters. The molecule has 1 aromatic heterocycles. The van der Waals surface area contributed by atoms with Crippen LogP contribution in [0.25, 0.3) is 0 Å². The average molecular weight is 250 g/mol. The molecule has 1 heterocycles. The Morgan fingerprint density at radius 2 is 2.06 bits per heavy atom. The van der Waals surface area contributed by atoms with Crippen LogP contribution in [0.3, 0.4) is 0 Å². The molecule has 0 aliphatic heterocycles. The van der Waals surface area contributed by atoms with Gasteiger partial charge in [-0.2, -0.15) is 0 Å². The molecule has 1 saturated carbocycles. The van der Waals surface area contributed by atoms with Gasteiger partial charge in [-0.3, -0.25) is 0 Å². The Balaban J connectivity index is 2.00. The zero-order valence-electron chi connectivity index (χ0n) is 10.9. The Labute approximate surface area is 108 Å². The van der Waals surface area contributed by atoms with E-state index in [4.69, 9.17) is 0 Å².